The molecule has 0 radical (unpaired) electrons. The zero-order valence-corrected chi connectivity index (χ0v) is 15.0. The molecule has 0 fully saturated rings. The van der Waals surface area contributed by atoms with Gasteiger partial charge in [-0.25, -0.2) is 0 Å². The molecule has 0 aliphatic heterocycles. The summed E-state index contributed by atoms with van der Waals surface area (Å²) < 4.78 is 10.3. The summed E-state index contributed by atoms with van der Waals surface area (Å²) in [7, 11) is 5.63. The first-order valence-corrected chi connectivity index (χ1v) is 8.14. The molecule has 130 valence electrons. The van der Waals surface area contributed by atoms with E-state index in [1.165, 1.54) is 0 Å². The van der Waals surface area contributed by atoms with Crippen LogP contribution in [0.5, 0.6) is 0 Å². The minimum atomic E-state index is 0.0965. The summed E-state index contributed by atoms with van der Waals surface area (Å²) in [6, 6.07) is 7.60. The van der Waals surface area contributed by atoms with E-state index in [0.29, 0.717) is 44.4 Å². The molecule has 23 heavy (non-hydrogen) atoms. The van der Waals surface area contributed by atoms with Gasteiger partial charge >= 0.3 is 0 Å². The Hall–Kier alpha value is -1.14. The van der Waals surface area contributed by atoms with Gasteiger partial charge in [0, 0.05) is 31.8 Å². The largest absolute Gasteiger partial charge is 0.382 e. The molecule has 0 N–H and O–H groups in total. The number of benzene rings is 1. The maximum atomic E-state index is 12.4. The third-order valence-electron chi connectivity index (χ3n) is 3.35. The number of rotatable bonds is 11. The summed E-state index contributed by atoms with van der Waals surface area (Å²) in [5, 5.41) is 0.700. The third-order valence-corrected chi connectivity index (χ3v) is 3.60. The van der Waals surface area contributed by atoms with E-state index in [1.54, 1.807) is 7.11 Å². The van der Waals surface area contributed by atoms with Crippen LogP contribution in [0.4, 0.5) is 0 Å². The van der Waals surface area contributed by atoms with Gasteiger partial charge in [0.15, 0.2) is 0 Å². The van der Waals surface area contributed by atoms with Crippen molar-refractivity contribution >= 4 is 17.5 Å². The van der Waals surface area contributed by atoms with E-state index >= 15 is 0 Å². The molecular formula is C17H27ClN2O3. The molecule has 0 unspecified atom stereocenters. The van der Waals surface area contributed by atoms with Crippen molar-refractivity contribution in [1.29, 1.82) is 0 Å². The average Bonchev–Trinajstić information content (AvgIpc) is 2.52. The fourth-order valence-electron chi connectivity index (χ4n) is 1.98. The van der Waals surface area contributed by atoms with Gasteiger partial charge in [-0.1, -0.05) is 23.7 Å². The van der Waals surface area contributed by atoms with E-state index < -0.39 is 0 Å². The van der Waals surface area contributed by atoms with E-state index in [9.17, 15) is 4.79 Å². The summed E-state index contributed by atoms with van der Waals surface area (Å²) in [6.45, 7) is 3.57. The molecule has 0 aliphatic rings. The first kappa shape index (κ1) is 19.9. The van der Waals surface area contributed by atoms with Gasteiger partial charge in [-0.2, -0.15) is 0 Å². The van der Waals surface area contributed by atoms with Crippen LogP contribution in [0.25, 0.3) is 0 Å². The van der Waals surface area contributed by atoms with Crippen molar-refractivity contribution in [3.05, 3.63) is 34.9 Å². The molecule has 1 amide bonds. The Balaban J connectivity index is 2.52. The minimum Gasteiger partial charge on any atom is -0.382 e. The molecule has 1 aromatic carbocycles. The molecule has 0 aromatic heterocycles. The molecule has 1 aromatic rings. The number of hydrogen-bond donors (Lipinski definition) is 0. The number of carbonyl (C=O) groups excluding carboxylic acids is 1. The quantitative estimate of drug-likeness (QED) is 0.579. The van der Waals surface area contributed by atoms with Gasteiger partial charge in [-0.15, -0.1) is 0 Å². The predicted octanol–water partition coefficient (Wildman–Crippen LogP) is 2.28. The van der Waals surface area contributed by atoms with Crippen LogP contribution in [0.2, 0.25) is 5.02 Å². The summed E-state index contributed by atoms with van der Waals surface area (Å²) in [4.78, 5) is 16.4. The van der Waals surface area contributed by atoms with Crippen LogP contribution in [0.15, 0.2) is 24.3 Å². The number of likely N-dealkylation sites (N-methyl/N-ethyl adjacent to an activating group) is 1. The van der Waals surface area contributed by atoms with Crippen LogP contribution in [-0.4, -0.2) is 69.8 Å². The average molecular weight is 343 g/mol. The SMILES string of the molecule is COCCOCCC(=O)N(CCN(C)C)Cc1ccc(Cl)cc1. The van der Waals surface area contributed by atoms with Crippen LogP contribution >= 0.6 is 11.6 Å². The Bertz CT molecular complexity index is 452. The number of hydrogen-bond acceptors (Lipinski definition) is 4. The summed E-state index contributed by atoms with van der Waals surface area (Å²) in [6.07, 6.45) is 0.380. The maximum absolute atomic E-state index is 12.4. The number of ether oxygens (including phenoxy) is 2. The van der Waals surface area contributed by atoms with E-state index in [2.05, 4.69) is 4.90 Å². The first-order valence-electron chi connectivity index (χ1n) is 7.76. The number of halogens is 1. The Morgan fingerprint density at radius 3 is 2.39 bits per heavy atom. The van der Waals surface area contributed by atoms with Crippen LogP contribution in [0, 0.1) is 0 Å². The summed E-state index contributed by atoms with van der Waals surface area (Å²) in [5.74, 6) is 0.0965. The van der Waals surface area contributed by atoms with Gasteiger partial charge in [0.05, 0.1) is 26.2 Å². The lowest BCUT2D eigenvalue weighted by Crippen LogP contribution is -2.36. The molecule has 0 aliphatic carbocycles. The molecule has 0 saturated heterocycles. The molecule has 6 heteroatoms. The highest BCUT2D eigenvalue weighted by Crippen LogP contribution is 2.12. The molecule has 0 bridgehead atoms. The maximum Gasteiger partial charge on any atom is 0.225 e. The molecule has 0 heterocycles. The highest BCUT2D eigenvalue weighted by atomic mass is 35.5. The van der Waals surface area contributed by atoms with Crippen LogP contribution in [0.3, 0.4) is 0 Å². The van der Waals surface area contributed by atoms with Crippen molar-refractivity contribution in [2.24, 2.45) is 0 Å². The van der Waals surface area contributed by atoms with Crippen molar-refractivity contribution in [1.82, 2.24) is 9.80 Å². The number of methoxy groups -OCH3 is 1. The lowest BCUT2D eigenvalue weighted by atomic mass is 10.2. The fourth-order valence-corrected chi connectivity index (χ4v) is 2.11. The summed E-state index contributed by atoms with van der Waals surface area (Å²) in [5.41, 5.74) is 1.07. The number of carbonyl (C=O) groups is 1. The van der Waals surface area contributed by atoms with Gasteiger partial charge in [0.1, 0.15) is 0 Å². The van der Waals surface area contributed by atoms with Gasteiger partial charge in [-0.3, -0.25) is 4.79 Å². The van der Waals surface area contributed by atoms with E-state index in [0.717, 1.165) is 12.1 Å². The van der Waals surface area contributed by atoms with E-state index in [4.69, 9.17) is 21.1 Å². The zero-order chi connectivity index (χ0) is 17.1. The van der Waals surface area contributed by atoms with Gasteiger partial charge in [0.2, 0.25) is 5.91 Å². The first-order chi connectivity index (χ1) is 11.0. The lowest BCUT2D eigenvalue weighted by molar-refractivity contribution is -0.133. The zero-order valence-electron chi connectivity index (χ0n) is 14.3. The molecule has 0 atom stereocenters. The molecule has 1 rings (SSSR count). The second-order valence-corrected chi connectivity index (χ2v) is 6.04. The molecule has 0 saturated carbocycles. The van der Waals surface area contributed by atoms with Crippen LogP contribution in [-0.2, 0) is 20.8 Å². The third kappa shape index (κ3) is 8.91. The standard InChI is InChI=1S/C17H27ClN2O3/c1-19(2)9-10-20(14-15-4-6-16(18)7-5-15)17(21)8-11-23-13-12-22-3/h4-7H,8-14H2,1-3H3. The van der Waals surface area contributed by atoms with Crippen molar-refractivity contribution in [2.75, 3.05) is 54.1 Å². The number of nitrogens with zero attached hydrogens (tertiary/aromatic N) is 2. The highest BCUT2D eigenvalue weighted by molar-refractivity contribution is 6.30. The Labute approximate surface area is 144 Å². The van der Waals surface area contributed by atoms with Crippen LogP contribution < -0.4 is 0 Å². The van der Waals surface area contributed by atoms with Crippen molar-refractivity contribution < 1.29 is 14.3 Å². The van der Waals surface area contributed by atoms with Crippen molar-refractivity contribution in [3.63, 3.8) is 0 Å². The number of amides is 1. The van der Waals surface area contributed by atoms with Gasteiger partial charge < -0.3 is 19.3 Å². The Morgan fingerprint density at radius 2 is 1.78 bits per heavy atom. The monoisotopic (exact) mass is 342 g/mol. The van der Waals surface area contributed by atoms with Gasteiger partial charge in [0.25, 0.3) is 0 Å². The minimum absolute atomic E-state index is 0.0965. The molecule has 5 nitrogen and oxygen atoms in total. The van der Waals surface area contributed by atoms with E-state index in [1.807, 2.05) is 43.3 Å². The van der Waals surface area contributed by atoms with Crippen molar-refractivity contribution in [2.45, 2.75) is 13.0 Å². The Morgan fingerprint density at radius 1 is 1.09 bits per heavy atom. The smallest absolute Gasteiger partial charge is 0.225 e. The second-order valence-electron chi connectivity index (χ2n) is 5.60. The molecular weight excluding hydrogens is 316 g/mol. The second kappa shape index (κ2) is 11.4. The topological polar surface area (TPSA) is 42.0 Å². The Kier molecular flexibility index (Phi) is 9.87. The van der Waals surface area contributed by atoms with Crippen LogP contribution in [0.1, 0.15) is 12.0 Å². The van der Waals surface area contributed by atoms with Crippen molar-refractivity contribution in [3.8, 4) is 0 Å². The van der Waals surface area contributed by atoms with Gasteiger partial charge in [-0.05, 0) is 31.8 Å². The fraction of sp³-hybridized carbons (Fsp3) is 0.588. The molecule has 0 spiro atoms. The lowest BCUT2D eigenvalue weighted by Gasteiger charge is -2.24. The summed E-state index contributed by atoms with van der Waals surface area (Å²) >= 11 is 5.91. The van der Waals surface area contributed by atoms with E-state index in [-0.39, 0.29) is 5.91 Å². The predicted molar refractivity (Wildman–Crippen MR) is 92.7 cm³/mol. The normalized spacial score (nSPS) is 11.0. The highest BCUT2D eigenvalue weighted by Gasteiger charge is 2.14.